The van der Waals surface area contributed by atoms with Crippen LogP contribution in [0.4, 0.5) is 4.39 Å². The Morgan fingerprint density at radius 3 is 2.65 bits per heavy atom. The zero-order chi connectivity index (χ0) is 15.2. The number of hydrogen-bond acceptors (Lipinski definition) is 4. The van der Waals surface area contributed by atoms with Crippen LogP contribution in [0.2, 0.25) is 0 Å². The van der Waals surface area contributed by atoms with Gasteiger partial charge in [-0.05, 0) is 30.1 Å². The highest BCUT2D eigenvalue weighted by molar-refractivity contribution is 7.53. The third-order valence-corrected chi connectivity index (χ3v) is 3.86. The molecule has 0 aromatic heterocycles. The molecular formula is C13H19FNO4P. The Labute approximate surface area is 117 Å². The van der Waals surface area contributed by atoms with Crippen LogP contribution < -0.4 is 0 Å². The molecule has 0 radical (unpaired) electrons. The van der Waals surface area contributed by atoms with Gasteiger partial charge >= 0.3 is 7.60 Å². The fraction of sp³-hybridized carbons (Fsp3) is 0.462. The summed E-state index contributed by atoms with van der Waals surface area (Å²) in [4.78, 5) is 14.6. The molecule has 0 aliphatic rings. The Balaban J connectivity index is 3.03. The van der Waals surface area contributed by atoms with Gasteiger partial charge in [-0.1, -0.05) is 26.0 Å². The van der Waals surface area contributed by atoms with Crippen LogP contribution in [-0.4, -0.2) is 23.6 Å². The minimum atomic E-state index is -3.91. The number of rotatable bonds is 6. The van der Waals surface area contributed by atoms with Crippen molar-refractivity contribution in [2.24, 2.45) is 11.1 Å². The molecule has 1 N–H and O–H groups in total. The van der Waals surface area contributed by atoms with Crippen LogP contribution in [0.25, 0.3) is 0 Å². The monoisotopic (exact) mass is 303 g/mol. The molecule has 112 valence electrons. The van der Waals surface area contributed by atoms with Crippen molar-refractivity contribution in [2.75, 3.05) is 12.8 Å². The minimum Gasteiger partial charge on any atom is -0.402 e. The molecule has 0 aliphatic carbocycles. The Hall–Kier alpha value is -1.39. The molecule has 1 aromatic carbocycles. The Kier molecular flexibility index (Phi) is 6.17. The van der Waals surface area contributed by atoms with Crippen LogP contribution in [0.5, 0.6) is 0 Å². The first-order valence-electron chi connectivity index (χ1n) is 6.32. The van der Waals surface area contributed by atoms with E-state index in [0.717, 1.165) is 0 Å². The van der Waals surface area contributed by atoms with E-state index in [-0.39, 0.29) is 30.1 Å². The van der Waals surface area contributed by atoms with Gasteiger partial charge in [-0.3, -0.25) is 0 Å². The van der Waals surface area contributed by atoms with Crippen molar-refractivity contribution in [3.05, 3.63) is 35.6 Å². The van der Waals surface area contributed by atoms with Gasteiger partial charge in [-0.2, -0.15) is 0 Å². The molecule has 1 rings (SSSR count). The number of oxime groups is 1. The van der Waals surface area contributed by atoms with Crippen LogP contribution in [0.1, 0.15) is 26.3 Å². The van der Waals surface area contributed by atoms with Crippen LogP contribution in [0.3, 0.4) is 0 Å². The van der Waals surface area contributed by atoms with Gasteiger partial charge in [0, 0.05) is 0 Å². The van der Waals surface area contributed by atoms with E-state index in [2.05, 4.69) is 5.16 Å². The molecule has 0 aliphatic heterocycles. The first kappa shape index (κ1) is 16.7. The summed E-state index contributed by atoms with van der Waals surface area (Å²) in [5, 5.41) is 3.59. The molecular weight excluding hydrogens is 284 g/mol. The van der Waals surface area contributed by atoms with Crippen molar-refractivity contribution in [3.8, 4) is 0 Å². The fourth-order valence-corrected chi connectivity index (χ4v) is 2.91. The van der Waals surface area contributed by atoms with Gasteiger partial charge in [0.15, 0.2) is 0 Å². The molecule has 1 unspecified atom stereocenters. The maximum atomic E-state index is 13.7. The van der Waals surface area contributed by atoms with Crippen LogP contribution in [0.15, 0.2) is 29.4 Å². The quantitative estimate of drug-likeness (QED) is 0.378. The van der Waals surface area contributed by atoms with Gasteiger partial charge in [0.25, 0.3) is 5.90 Å². The molecule has 1 aromatic rings. The normalized spacial score (nSPS) is 15.0. The summed E-state index contributed by atoms with van der Waals surface area (Å²) >= 11 is 0. The lowest BCUT2D eigenvalue weighted by molar-refractivity contribution is 0.152. The molecule has 0 amide bonds. The molecule has 0 heterocycles. The molecule has 0 bridgehead atoms. The maximum absolute atomic E-state index is 13.7. The molecule has 0 saturated heterocycles. The molecule has 0 fully saturated rings. The topological polar surface area (TPSA) is 68.1 Å². The Morgan fingerprint density at radius 2 is 2.10 bits per heavy atom. The molecule has 0 spiro atoms. The van der Waals surface area contributed by atoms with E-state index in [1.807, 2.05) is 0 Å². The second kappa shape index (κ2) is 7.41. The maximum Gasteiger partial charge on any atom is 0.378 e. The molecule has 0 saturated carbocycles. The molecule has 5 nitrogen and oxygen atoms in total. The largest absolute Gasteiger partial charge is 0.402 e. The summed E-state index contributed by atoms with van der Waals surface area (Å²) in [6.45, 7) is 5.50. The predicted octanol–water partition coefficient (Wildman–Crippen LogP) is 3.38. The minimum absolute atomic E-state index is 0.0148. The van der Waals surface area contributed by atoms with Crippen molar-refractivity contribution in [3.63, 3.8) is 0 Å². The molecule has 20 heavy (non-hydrogen) atoms. The van der Waals surface area contributed by atoms with Crippen LogP contribution in [0, 0.1) is 11.7 Å². The van der Waals surface area contributed by atoms with Gasteiger partial charge in [0.2, 0.25) is 0 Å². The van der Waals surface area contributed by atoms with Crippen molar-refractivity contribution in [1.29, 1.82) is 0 Å². The third kappa shape index (κ3) is 5.31. The summed E-state index contributed by atoms with van der Waals surface area (Å²) in [6, 6.07) is 5.70. The lowest BCUT2D eigenvalue weighted by Gasteiger charge is -2.16. The summed E-state index contributed by atoms with van der Waals surface area (Å²) in [5.74, 6) is -0.966. The van der Waals surface area contributed by atoms with E-state index in [1.54, 1.807) is 26.8 Å². The van der Waals surface area contributed by atoms with E-state index in [1.165, 1.54) is 18.2 Å². The van der Waals surface area contributed by atoms with E-state index < -0.39 is 13.4 Å². The van der Waals surface area contributed by atoms with Gasteiger partial charge < -0.3 is 14.3 Å². The highest BCUT2D eigenvalue weighted by Gasteiger charge is 2.26. The van der Waals surface area contributed by atoms with E-state index in [4.69, 9.17) is 9.36 Å². The zero-order valence-electron chi connectivity index (χ0n) is 11.7. The van der Waals surface area contributed by atoms with E-state index >= 15 is 0 Å². The zero-order valence-corrected chi connectivity index (χ0v) is 12.6. The highest BCUT2D eigenvalue weighted by atomic mass is 31.2. The van der Waals surface area contributed by atoms with Crippen molar-refractivity contribution >= 4 is 13.5 Å². The highest BCUT2D eigenvalue weighted by Crippen LogP contribution is 2.44. The number of hydrogen-bond donors (Lipinski definition) is 1. The summed E-state index contributed by atoms with van der Waals surface area (Å²) < 4.78 is 30.7. The van der Waals surface area contributed by atoms with Gasteiger partial charge in [0.05, 0.1) is 11.7 Å². The average molecular weight is 303 g/mol. The second-order valence-corrected chi connectivity index (χ2v) is 6.42. The standard InChI is InChI=1S/C13H19FNO4P/c1-4-18-15-13(11-7-5-6-8-12(11)14)19-20(16,17)9-10(2)3/h5-8,10H,4,9H2,1-3H3,(H,16,17)/b15-13-. The molecule has 1 atom stereocenters. The Bertz CT molecular complexity index is 519. The average Bonchev–Trinajstić information content (AvgIpc) is 2.33. The lowest BCUT2D eigenvalue weighted by atomic mass is 10.2. The third-order valence-electron chi connectivity index (χ3n) is 2.21. The van der Waals surface area contributed by atoms with Gasteiger partial charge in [-0.25, -0.2) is 8.96 Å². The summed E-state index contributed by atoms with van der Waals surface area (Å²) in [6.07, 6.45) is -0.0490. The van der Waals surface area contributed by atoms with E-state index in [9.17, 15) is 13.8 Å². The second-order valence-electron chi connectivity index (χ2n) is 4.60. The van der Waals surface area contributed by atoms with Crippen molar-refractivity contribution in [2.45, 2.75) is 20.8 Å². The first-order valence-corrected chi connectivity index (χ1v) is 8.08. The molecule has 7 heteroatoms. The number of nitrogens with zero attached hydrogens (tertiary/aromatic N) is 1. The number of halogens is 1. The summed E-state index contributed by atoms with van der Waals surface area (Å²) in [7, 11) is -3.91. The first-order chi connectivity index (χ1) is 9.35. The van der Waals surface area contributed by atoms with Crippen LogP contribution >= 0.6 is 7.60 Å². The lowest BCUT2D eigenvalue weighted by Crippen LogP contribution is -2.11. The van der Waals surface area contributed by atoms with Gasteiger partial charge in [-0.15, -0.1) is 0 Å². The van der Waals surface area contributed by atoms with Crippen molar-refractivity contribution < 1.29 is 23.2 Å². The predicted molar refractivity (Wildman–Crippen MR) is 75.2 cm³/mol. The van der Waals surface area contributed by atoms with Crippen molar-refractivity contribution in [1.82, 2.24) is 0 Å². The Morgan fingerprint density at radius 1 is 1.45 bits per heavy atom. The van der Waals surface area contributed by atoms with E-state index in [0.29, 0.717) is 0 Å². The smallest absolute Gasteiger partial charge is 0.378 e. The van der Waals surface area contributed by atoms with Gasteiger partial charge in [0.1, 0.15) is 12.4 Å². The number of benzene rings is 1. The SMILES string of the molecule is CCO/N=C(\OP(=O)(O)CC(C)C)c1ccccc1F. The summed E-state index contributed by atoms with van der Waals surface area (Å²) in [5.41, 5.74) is -0.0148. The van der Waals surface area contributed by atoms with Crippen LogP contribution in [-0.2, 0) is 13.9 Å². The fourth-order valence-electron chi connectivity index (χ4n) is 1.51.